The van der Waals surface area contributed by atoms with Crippen LogP contribution in [-0.2, 0) is 22.4 Å². The zero-order valence-electron chi connectivity index (χ0n) is 13.0. The normalized spacial score (nSPS) is 10.4. The van der Waals surface area contributed by atoms with Crippen LogP contribution in [0.25, 0.3) is 10.6 Å². The third kappa shape index (κ3) is 5.12. The summed E-state index contributed by atoms with van der Waals surface area (Å²) < 4.78 is 0. The van der Waals surface area contributed by atoms with Crippen LogP contribution in [0, 0.1) is 0 Å². The molecule has 0 saturated carbocycles. The van der Waals surface area contributed by atoms with Crippen LogP contribution in [0.3, 0.4) is 0 Å². The number of hydrogen-bond acceptors (Lipinski definition) is 5. The van der Waals surface area contributed by atoms with Crippen LogP contribution in [0.2, 0.25) is 5.02 Å². The van der Waals surface area contributed by atoms with Crippen LogP contribution >= 0.6 is 34.3 Å². The van der Waals surface area contributed by atoms with Crippen molar-refractivity contribution >= 4 is 46.1 Å². The molecule has 0 unspecified atom stereocenters. The molecule has 0 aliphatic heterocycles. The second-order valence-electron chi connectivity index (χ2n) is 5.23. The van der Waals surface area contributed by atoms with Crippen LogP contribution in [-0.4, -0.2) is 16.8 Å². The molecule has 0 atom stereocenters. The average molecular weight is 392 g/mol. The molecule has 2 N–H and O–H groups in total. The van der Waals surface area contributed by atoms with E-state index in [1.807, 2.05) is 22.2 Å². The Morgan fingerprint density at radius 2 is 1.72 bits per heavy atom. The van der Waals surface area contributed by atoms with E-state index in [1.165, 1.54) is 11.3 Å². The van der Waals surface area contributed by atoms with Gasteiger partial charge in [-0.1, -0.05) is 23.7 Å². The predicted molar refractivity (Wildman–Crippen MR) is 101 cm³/mol. The number of aromatic nitrogens is 1. The zero-order chi connectivity index (χ0) is 17.6. The number of nitrogens with one attached hydrogen (secondary N) is 2. The Kier molecular flexibility index (Phi) is 5.80. The molecule has 25 heavy (non-hydrogen) atoms. The molecule has 0 aliphatic rings. The highest BCUT2D eigenvalue weighted by atomic mass is 35.5. The number of thiophene rings is 1. The highest BCUT2D eigenvalue weighted by molar-refractivity contribution is 7.14. The summed E-state index contributed by atoms with van der Waals surface area (Å²) in [7, 11) is 0. The van der Waals surface area contributed by atoms with Gasteiger partial charge in [0.05, 0.1) is 18.5 Å². The van der Waals surface area contributed by atoms with Gasteiger partial charge in [-0.25, -0.2) is 4.98 Å². The smallest absolute Gasteiger partial charge is 0.244 e. The van der Waals surface area contributed by atoms with Crippen LogP contribution in [0.5, 0.6) is 0 Å². The van der Waals surface area contributed by atoms with Gasteiger partial charge in [0.25, 0.3) is 0 Å². The Morgan fingerprint density at radius 1 is 1.00 bits per heavy atom. The predicted octanol–water partition coefficient (Wildman–Crippen LogP) is 3.46. The largest absolute Gasteiger partial charge is 0.273 e. The van der Waals surface area contributed by atoms with Crippen molar-refractivity contribution in [3.05, 3.63) is 62.8 Å². The topological polar surface area (TPSA) is 71.1 Å². The number of carbonyl (C=O) groups is 2. The number of rotatable bonds is 5. The van der Waals surface area contributed by atoms with Crippen molar-refractivity contribution in [2.24, 2.45) is 0 Å². The maximum absolute atomic E-state index is 11.9. The quantitative estimate of drug-likeness (QED) is 0.654. The second-order valence-corrected chi connectivity index (χ2v) is 7.31. The molecule has 5 nitrogen and oxygen atoms in total. The summed E-state index contributed by atoms with van der Waals surface area (Å²) in [5.41, 5.74) is 7.36. The summed E-state index contributed by atoms with van der Waals surface area (Å²) in [6, 6.07) is 8.96. The maximum Gasteiger partial charge on any atom is 0.244 e. The van der Waals surface area contributed by atoms with Gasteiger partial charge in [-0.3, -0.25) is 20.4 Å². The van der Waals surface area contributed by atoms with Gasteiger partial charge in [-0.2, -0.15) is 11.3 Å². The Morgan fingerprint density at radius 3 is 2.40 bits per heavy atom. The highest BCUT2D eigenvalue weighted by Crippen LogP contribution is 2.25. The fourth-order valence-electron chi connectivity index (χ4n) is 2.09. The second kappa shape index (κ2) is 8.24. The van der Waals surface area contributed by atoms with E-state index in [9.17, 15) is 9.59 Å². The molecule has 0 spiro atoms. The first kappa shape index (κ1) is 17.6. The SMILES string of the molecule is O=C(Cc1ccc(Cl)cc1)NNC(=O)Cc1csc(-c2ccsc2)n1. The van der Waals surface area contributed by atoms with Crippen molar-refractivity contribution in [2.45, 2.75) is 12.8 Å². The van der Waals surface area contributed by atoms with E-state index < -0.39 is 0 Å². The maximum atomic E-state index is 11.9. The van der Waals surface area contributed by atoms with Crippen LogP contribution < -0.4 is 10.9 Å². The van der Waals surface area contributed by atoms with E-state index in [0.29, 0.717) is 10.7 Å². The molecule has 3 aromatic rings. The van der Waals surface area contributed by atoms with Gasteiger partial charge in [0, 0.05) is 21.3 Å². The van der Waals surface area contributed by atoms with Crippen LogP contribution in [0.1, 0.15) is 11.3 Å². The number of carbonyl (C=O) groups excluding carboxylic acids is 2. The fourth-order valence-corrected chi connectivity index (χ4v) is 3.74. The van der Waals surface area contributed by atoms with Gasteiger partial charge < -0.3 is 0 Å². The summed E-state index contributed by atoms with van der Waals surface area (Å²) in [6.45, 7) is 0. The number of halogens is 1. The molecule has 1 aromatic carbocycles. The Labute approximate surface area is 157 Å². The fraction of sp³-hybridized carbons (Fsp3) is 0.118. The minimum atomic E-state index is -0.313. The van der Waals surface area contributed by atoms with Crippen molar-refractivity contribution in [3.8, 4) is 10.6 Å². The first-order valence-corrected chi connectivity index (χ1v) is 9.59. The molecule has 0 aliphatic carbocycles. The van der Waals surface area contributed by atoms with Crippen molar-refractivity contribution < 1.29 is 9.59 Å². The van der Waals surface area contributed by atoms with E-state index >= 15 is 0 Å². The lowest BCUT2D eigenvalue weighted by atomic mass is 10.1. The molecule has 0 bridgehead atoms. The summed E-state index contributed by atoms with van der Waals surface area (Å²) in [4.78, 5) is 28.2. The van der Waals surface area contributed by atoms with Gasteiger partial charge in [-0.15, -0.1) is 11.3 Å². The molecule has 2 heterocycles. The number of hydrogen-bond donors (Lipinski definition) is 2. The standard InChI is InChI=1S/C17H14ClN3O2S2/c18-13-3-1-11(2-4-13)7-15(22)20-21-16(23)8-14-10-25-17(19-14)12-5-6-24-9-12/h1-6,9-10H,7-8H2,(H,20,22)(H,21,23). The molecule has 2 amide bonds. The molecule has 128 valence electrons. The summed E-state index contributed by atoms with van der Waals surface area (Å²) in [5.74, 6) is -0.612. The van der Waals surface area contributed by atoms with Crippen LogP contribution in [0.15, 0.2) is 46.5 Å². The van der Waals surface area contributed by atoms with E-state index in [1.54, 1.807) is 35.6 Å². The van der Waals surface area contributed by atoms with Crippen LogP contribution in [0.4, 0.5) is 0 Å². The van der Waals surface area contributed by atoms with E-state index in [0.717, 1.165) is 16.1 Å². The summed E-state index contributed by atoms with van der Waals surface area (Å²) >= 11 is 8.90. The van der Waals surface area contributed by atoms with Gasteiger partial charge >= 0.3 is 0 Å². The number of nitrogens with zero attached hydrogens (tertiary/aromatic N) is 1. The molecular formula is C17H14ClN3O2S2. The van der Waals surface area contributed by atoms with Gasteiger partial charge in [-0.05, 0) is 29.1 Å². The Hall–Kier alpha value is -2.22. The number of hydrazine groups is 1. The lowest BCUT2D eigenvalue weighted by molar-refractivity contribution is -0.128. The minimum Gasteiger partial charge on any atom is -0.273 e. The lowest BCUT2D eigenvalue weighted by Crippen LogP contribution is -2.43. The number of amides is 2. The van der Waals surface area contributed by atoms with E-state index in [-0.39, 0.29) is 24.7 Å². The van der Waals surface area contributed by atoms with Gasteiger partial charge in [0.15, 0.2) is 0 Å². The van der Waals surface area contributed by atoms with Gasteiger partial charge in [0.2, 0.25) is 11.8 Å². The molecule has 0 fully saturated rings. The lowest BCUT2D eigenvalue weighted by Gasteiger charge is -2.06. The molecule has 0 radical (unpaired) electrons. The summed E-state index contributed by atoms with van der Waals surface area (Å²) in [6.07, 6.45) is 0.276. The van der Waals surface area contributed by atoms with Crippen molar-refractivity contribution in [3.63, 3.8) is 0 Å². The molecular weight excluding hydrogens is 378 g/mol. The van der Waals surface area contributed by atoms with E-state index in [2.05, 4.69) is 15.8 Å². The van der Waals surface area contributed by atoms with E-state index in [4.69, 9.17) is 11.6 Å². The van der Waals surface area contributed by atoms with Gasteiger partial charge in [0.1, 0.15) is 5.01 Å². The Balaban J connectivity index is 1.46. The third-order valence-electron chi connectivity index (χ3n) is 3.28. The molecule has 2 aromatic heterocycles. The monoisotopic (exact) mass is 391 g/mol. The highest BCUT2D eigenvalue weighted by Gasteiger charge is 2.10. The first-order chi connectivity index (χ1) is 12.1. The first-order valence-electron chi connectivity index (χ1n) is 7.39. The van der Waals surface area contributed by atoms with Crippen molar-refractivity contribution in [2.75, 3.05) is 0 Å². The third-order valence-corrected chi connectivity index (χ3v) is 5.16. The zero-order valence-corrected chi connectivity index (χ0v) is 15.4. The van der Waals surface area contributed by atoms with Crippen molar-refractivity contribution in [1.29, 1.82) is 0 Å². The molecule has 8 heteroatoms. The Bertz CT molecular complexity index is 860. The summed E-state index contributed by atoms with van der Waals surface area (Å²) in [5, 5.41) is 7.35. The molecule has 0 saturated heterocycles. The molecule has 3 rings (SSSR count). The minimum absolute atomic E-state index is 0.113. The van der Waals surface area contributed by atoms with Crippen molar-refractivity contribution in [1.82, 2.24) is 15.8 Å². The number of thiazole rings is 1. The number of benzene rings is 1. The average Bonchev–Trinajstić information content (AvgIpc) is 3.26.